The van der Waals surface area contributed by atoms with E-state index in [0.717, 1.165) is 42.2 Å². The molecule has 0 saturated heterocycles. The van der Waals surface area contributed by atoms with Crippen LogP contribution in [0.3, 0.4) is 0 Å². The number of rotatable bonds is 12. The van der Waals surface area contributed by atoms with E-state index in [1.807, 2.05) is 45.1 Å². The molecule has 0 N–H and O–H groups in total. The maximum absolute atomic E-state index is 12.6. The van der Waals surface area contributed by atoms with Gasteiger partial charge in [-0.1, -0.05) is 55.9 Å². The largest absolute Gasteiger partial charge is 0.494 e. The van der Waals surface area contributed by atoms with E-state index in [0.29, 0.717) is 19.4 Å². The molecule has 158 valence electrons. The van der Waals surface area contributed by atoms with Crippen LogP contribution in [0.1, 0.15) is 66.7 Å². The van der Waals surface area contributed by atoms with Crippen molar-refractivity contribution in [2.24, 2.45) is 0 Å². The van der Waals surface area contributed by atoms with Crippen LogP contribution in [-0.4, -0.2) is 12.8 Å². The second-order valence-electron chi connectivity index (χ2n) is 6.77. The number of allylic oxidation sites excluding steroid dienone is 9. The number of alkyl halides is 3. The second-order valence-corrected chi connectivity index (χ2v) is 6.77. The zero-order chi connectivity index (χ0) is 21.6. The van der Waals surface area contributed by atoms with Crippen molar-refractivity contribution in [2.45, 2.75) is 72.9 Å². The summed E-state index contributed by atoms with van der Waals surface area (Å²) in [6, 6.07) is 0. The number of hydrogen-bond acceptors (Lipinski definition) is 1. The predicted octanol–water partition coefficient (Wildman–Crippen LogP) is 8.39. The first kappa shape index (κ1) is 26.0. The maximum Gasteiger partial charge on any atom is 0.412 e. The van der Waals surface area contributed by atoms with Crippen LogP contribution in [0.4, 0.5) is 13.2 Å². The molecular formula is C24H35F3O. The zero-order valence-corrected chi connectivity index (χ0v) is 18.0. The van der Waals surface area contributed by atoms with Gasteiger partial charge in [0.2, 0.25) is 0 Å². The van der Waals surface area contributed by atoms with Crippen LogP contribution in [0.2, 0.25) is 0 Å². The first-order chi connectivity index (χ1) is 13.1. The number of unbranched alkanes of at least 4 members (excludes halogenated alkanes) is 1. The minimum absolute atomic E-state index is 0.236. The molecule has 0 aromatic carbocycles. The van der Waals surface area contributed by atoms with Gasteiger partial charge in [-0.05, 0) is 64.2 Å². The van der Waals surface area contributed by atoms with Crippen LogP contribution in [0.5, 0.6) is 0 Å². The highest BCUT2D eigenvalue weighted by Crippen LogP contribution is 2.25. The van der Waals surface area contributed by atoms with Crippen molar-refractivity contribution >= 4 is 0 Å². The Hall–Kier alpha value is -1.97. The van der Waals surface area contributed by atoms with Crippen LogP contribution in [0, 0.1) is 0 Å². The lowest BCUT2D eigenvalue weighted by molar-refractivity contribution is -0.0915. The van der Waals surface area contributed by atoms with Gasteiger partial charge in [0.15, 0.2) is 0 Å². The van der Waals surface area contributed by atoms with Gasteiger partial charge in [-0.25, -0.2) is 0 Å². The Morgan fingerprint density at radius 1 is 1.07 bits per heavy atom. The van der Waals surface area contributed by atoms with Gasteiger partial charge in [-0.2, -0.15) is 13.2 Å². The summed E-state index contributed by atoms with van der Waals surface area (Å²) < 4.78 is 43.8. The van der Waals surface area contributed by atoms with Gasteiger partial charge in [0, 0.05) is 12.0 Å². The van der Waals surface area contributed by atoms with E-state index in [2.05, 4.69) is 19.6 Å². The van der Waals surface area contributed by atoms with Crippen LogP contribution in [-0.2, 0) is 4.74 Å². The van der Waals surface area contributed by atoms with E-state index in [1.54, 1.807) is 0 Å². The van der Waals surface area contributed by atoms with E-state index >= 15 is 0 Å². The lowest BCUT2D eigenvalue weighted by Crippen LogP contribution is -2.08. The summed E-state index contributed by atoms with van der Waals surface area (Å²) in [5, 5.41) is 0. The van der Waals surface area contributed by atoms with Crippen molar-refractivity contribution in [1.29, 1.82) is 0 Å². The third kappa shape index (κ3) is 11.7. The van der Waals surface area contributed by atoms with Gasteiger partial charge >= 0.3 is 6.18 Å². The van der Waals surface area contributed by atoms with Crippen LogP contribution >= 0.6 is 0 Å². The van der Waals surface area contributed by atoms with E-state index in [-0.39, 0.29) is 6.42 Å². The quantitative estimate of drug-likeness (QED) is 0.183. The smallest absolute Gasteiger partial charge is 0.412 e. The van der Waals surface area contributed by atoms with E-state index in [9.17, 15) is 13.2 Å². The molecule has 0 heterocycles. The molecule has 0 aliphatic heterocycles. The van der Waals surface area contributed by atoms with Crippen molar-refractivity contribution in [3.63, 3.8) is 0 Å². The highest BCUT2D eigenvalue weighted by atomic mass is 19.4. The molecule has 0 bridgehead atoms. The van der Waals surface area contributed by atoms with Gasteiger partial charge in [0.1, 0.15) is 6.61 Å². The van der Waals surface area contributed by atoms with Crippen LogP contribution in [0.25, 0.3) is 0 Å². The van der Waals surface area contributed by atoms with Crippen molar-refractivity contribution < 1.29 is 17.9 Å². The molecule has 4 heteroatoms. The molecule has 0 aliphatic rings. The Balaban J connectivity index is 5.08. The van der Waals surface area contributed by atoms with E-state index in [4.69, 9.17) is 4.74 Å². The Bertz CT molecular complexity index is 629. The van der Waals surface area contributed by atoms with Gasteiger partial charge in [-0.3, -0.25) is 0 Å². The van der Waals surface area contributed by atoms with Gasteiger partial charge in [0.25, 0.3) is 0 Å². The Labute approximate surface area is 169 Å². The van der Waals surface area contributed by atoms with Gasteiger partial charge < -0.3 is 4.74 Å². The number of halogens is 3. The first-order valence-electron chi connectivity index (χ1n) is 9.81. The van der Waals surface area contributed by atoms with Crippen molar-refractivity contribution in [1.82, 2.24) is 0 Å². The Morgan fingerprint density at radius 2 is 1.75 bits per heavy atom. The molecule has 1 nitrogen and oxygen atoms in total. The molecule has 0 atom stereocenters. The van der Waals surface area contributed by atoms with E-state index < -0.39 is 11.7 Å². The molecule has 0 aromatic heterocycles. The number of hydrogen-bond donors (Lipinski definition) is 0. The lowest BCUT2D eigenvalue weighted by atomic mass is 10.0. The SMILES string of the molecule is C=C(C)/C(=C\CCC)C/C(=C/C)OC/C(=C/C/C=C(\C)C(F)(F)F)C/C=C\C. The molecule has 0 saturated carbocycles. The van der Waals surface area contributed by atoms with Crippen molar-refractivity contribution in [2.75, 3.05) is 6.61 Å². The van der Waals surface area contributed by atoms with Crippen molar-refractivity contribution in [3.05, 3.63) is 71.1 Å². The highest BCUT2D eigenvalue weighted by molar-refractivity contribution is 5.30. The average Bonchev–Trinajstić information content (AvgIpc) is 2.63. The first-order valence-corrected chi connectivity index (χ1v) is 9.81. The summed E-state index contributed by atoms with van der Waals surface area (Å²) in [5.74, 6) is 0.846. The third-order valence-electron chi connectivity index (χ3n) is 4.25. The fraction of sp³-hybridized carbons (Fsp3) is 0.500. The Kier molecular flexibility index (Phi) is 13.1. The second kappa shape index (κ2) is 14.1. The third-order valence-corrected chi connectivity index (χ3v) is 4.25. The summed E-state index contributed by atoms with van der Waals surface area (Å²) in [6.07, 6.45) is 10.4. The minimum atomic E-state index is -4.27. The fourth-order valence-electron chi connectivity index (χ4n) is 2.31. The standard InChI is InChI=1S/C24H35F3O/c1-7-10-14-21(15-12-13-20(6)24(25,26)27)18-28-23(9-3)17-22(19(4)5)16-11-8-2/h7,9-10,13,15-16H,4,8,11-12,14,17-18H2,1-3,5-6H3/b10-7-,20-13+,21-15+,22-16-,23-9-. The molecule has 28 heavy (non-hydrogen) atoms. The molecule has 0 fully saturated rings. The summed E-state index contributed by atoms with van der Waals surface area (Å²) in [5.41, 5.74) is 2.57. The monoisotopic (exact) mass is 396 g/mol. The molecule has 0 unspecified atom stereocenters. The van der Waals surface area contributed by atoms with Crippen LogP contribution < -0.4 is 0 Å². The summed E-state index contributed by atoms with van der Waals surface area (Å²) in [7, 11) is 0. The van der Waals surface area contributed by atoms with Gasteiger partial charge in [-0.15, -0.1) is 0 Å². The average molecular weight is 397 g/mol. The molecule has 0 radical (unpaired) electrons. The minimum Gasteiger partial charge on any atom is -0.494 e. The lowest BCUT2D eigenvalue weighted by Gasteiger charge is -2.15. The number of ether oxygens (including phenoxy) is 1. The fourth-order valence-corrected chi connectivity index (χ4v) is 2.31. The molecular weight excluding hydrogens is 361 g/mol. The summed E-state index contributed by atoms with van der Waals surface area (Å²) in [4.78, 5) is 0. The van der Waals surface area contributed by atoms with Crippen LogP contribution in [0.15, 0.2) is 71.1 Å². The predicted molar refractivity (Wildman–Crippen MR) is 114 cm³/mol. The molecule has 0 rings (SSSR count). The zero-order valence-electron chi connectivity index (χ0n) is 18.0. The molecule has 0 aromatic rings. The van der Waals surface area contributed by atoms with Crippen molar-refractivity contribution in [3.8, 4) is 0 Å². The molecule has 0 aliphatic carbocycles. The Morgan fingerprint density at radius 3 is 2.25 bits per heavy atom. The molecule has 0 amide bonds. The summed E-state index contributed by atoms with van der Waals surface area (Å²) in [6.45, 7) is 13.5. The van der Waals surface area contributed by atoms with E-state index in [1.165, 1.54) is 6.08 Å². The summed E-state index contributed by atoms with van der Waals surface area (Å²) >= 11 is 0. The normalized spacial score (nSPS) is 14.7. The molecule has 0 spiro atoms. The highest BCUT2D eigenvalue weighted by Gasteiger charge is 2.29. The van der Waals surface area contributed by atoms with Gasteiger partial charge in [0.05, 0.1) is 5.76 Å². The topological polar surface area (TPSA) is 9.23 Å². The maximum atomic E-state index is 12.6.